The van der Waals surface area contributed by atoms with E-state index in [9.17, 15) is 4.39 Å². The summed E-state index contributed by atoms with van der Waals surface area (Å²) in [5.74, 6) is 0. The van der Waals surface area contributed by atoms with E-state index in [4.69, 9.17) is 0 Å². The van der Waals surface area contributed by atoms with Crippen LogP contribution in [0.5, 0.6) is 0 Å². The molecular weight excluding hydrogens is 143 g/mol. The van der Waals surface area contributed by atoms with E-state index in [-0.39, 0.29) is 0 Å². The van der Waals surface area contributed by atoms with Gasteiger partial charge in [0.25, 0.3) is 0 Å². The Hall–Kier alpha value is -0.570. The van der Waals surface area contributed by atoms with E-state index in [2.05, 4.69) is 11.9 Å². The summed E-state index contributed by atoms with van der Waals surface area (Å²) in [5.41, 5.74) is 0.910. The SMILES string of the molecule is C=C(CN(C)CC(C)F)NC. The Labute approximate surface area is 68.1 Å². The summed E-state index contributed by atoms with van der Waals surface area (Å²) in [6, 6.07) is 0. The fourth-order valence-electron chi connectivity index (χ4n) is 0.899. The minimum absolute atomic E-state index is 0.459. The largest absolute Gasteiger partial charge is 0.391 e. The Bertz CT molecular complexity index is 123. The van der Waals surface area contributed by atoms with E-state index in [0.717, 1.165) is 5.70 Å². The van der Waals surface area contributed by atoms with E-state index in [0.29, 0.717) is 13.1 Å². The molecule has 0 aliphatic rings. The topological polar surface area (TPSA) is 15.3 Å². The van der Waals surface area contributed by atoms with Gasteiger partial charge in [0.05, 0.1) is 0 Å². The molecule has 0 spiro atoms. The van der Waals surface area contributed by atoms with Gasteiger partial charge in [-0.2, -0.15) is 0 Å². The second-order valence-corrected chi connectivity index (χ2v) is 2.83. The molecule has 0 aromatic heterocycles. The second kappa shape index (κ2) is 5.13. The molecule has 0 radical (unpaired) electrons. The quantitative estimate of drug-likeness (QED) is 0.645. The molecule has 11 heavy (non-hydrogen) atoms. The number of likely N-dealkylation sites (N-methyl/N-ethyl adjacent to an activating group) is 2. The van der Waals surface area contributed by atoms with Gasteiger partial charge in [-0.15, -0.1) is 0 Å². The summed E-state index contributed by atoms with van der Waals surface area (Å²) in [6.45, 7) is 6.46. The van der Waals surface area contributed by atoms with Crippen LogP contribution in [-0.2, 0) is 0 Å². The van der Waals surface area contributed by atoms with Gasteiger partial charge >= 0.3 is 0 Å². The van der Waals surface area contributed by atoms with Crippen LogP contribution in [-0.4, -0.2) is 38.3 Å². The molecular formula is C8H17FN2. The summed E-state index contributed by atoms with van der Waals surface area (Å²) in [4.78, 5) is 1.89. The van der Waals surface area contributed by atoms with Crippen molar-refractivity contribution >= 4 is 0 Å². The third-order valence-corrected chi connectivity index (χ3v) is 1.38. The molecule has 0 heterocycles. The molecule has 1 N–H and O–H groups in total. The highest BCUT2D eigenvalue weighted by molar-refractivity contribution is 4.92. The average Bonchev–Trinajstić information content (AvgIpc) is 1.85. The maximum atomic E-state index is 12.4. The summed E-state index contributed by atoms with van der Waals surface area (Å²) in [5, 5.41) is 2.91. The molecule has 0 aromatic rings. The summed E-state index contributed by atoms with van der Waals surface area (Å²) >= 11 is 0. The molecule has 0 saturated heterocycles. The van der Waals surface area contributed by atoms with Crippen molar-refractivity contribution in [1.82, 2.24) is 10.2 Å². The highest BCUT2D eigenvalue weighted by atomic mass is 19.1. The van der Waals surface area contributed by atoms with Crippen LogP contribution in [0.3, 0.4) is 0 Å². The maximum absolute atomic E-state index is 12.4. The number of rotatable bonds is 5. The van der Waals surface area contributed by atoms with Gasteiger partial charge in [0.1, 0.15) is 6.17 Å². The first-order chi connectivity index (χ1) is 5.06. The molecule has 2 nitrogen and oxygen atoms in total. The first kappa shape index (κ1) is 10.4. The lowest BCUT2D eigenvalue weighted by molar-refractivity contribution is 0.244. The zero-order valence-electron chi connectivity index (χ0n) is 7.52. The van der Waals surface area contributed by atoms with Crippen LogP contribution in [0.25, 0.3) is 0 Å². The van der Waals surface area contributed by atoms with Crippen molar-refractivity contribution in [3.05, 3.63) is 12.3 Å². The normalized spacial score (nSPS) is 13.2. The van der Waals surface area contributed by atoms with E-state index in [1.165, 1.54) is 0 Å². The van der Waals surface area contributed by atoms with Crippen LogP contribution in [0.1, 0.15) is 6.92 Å². The van der Waals surface area contributed by atoms with E-state index in [1.54, 1.807) is 6.92 Å². The van der Waals surface area contributed by atoms with Crippen LogP contribution >= 0.6 is 0 Å². The van der Waals surface area contributed by atoms with E-state index in [1.807, 2.05) is 19.0 Å². The first-order valence-corrected chi connectivity index (χ1v) is 3.74. The summed E-state index contributed by atoms with van der Waals surface area (Å²) in [7, 11) is 3.69. The highest BCUT2D eigenvalue weighted by Crippen LogP contribution is 1.94. The molecule has 0 aliphatic carbocycles. The van der Waals surface area contributed by atoms with Crippen molar-refractivity contribution < 1.29 is 4.39 Å². The van der Waals surface area contributed by atoms with Gasteiger partial charge in [-0.05, 0) is 14.0 Å². The second-order valence-electron chi connectivity index (χ2n) is 2.83. The third-order valence-electron chi connectivity index (χ3n) is 1.38. The van der Waals surface area contributed by atoms with E-state index >= 15 is 0 Å². The number of alkyl halides is 1. The van der Waals surface area contributed by atoms with Crippen LogP contribution in [0, 0.1) is 0 Å². The monoisotopic (exact) mass is 160 g/mol. The summed E-state index contributed by atoms with van der Waals surface area (Å²) < 4.78 is 12.4. The van der Waals surface area contributed by atoms with Gasteiger partial charge in [0.15, 0.2) is 0 Å². The predicted octanol–water partition coefficient (Wildman–Crippen LogP) is 1.01. The van der Waals surface area contributed by atoms with Gasteiger partial charge in [0.2, 0.25) is 0 Å². The van der Waals surface area contributed by atoms with Gasteiger partial charge in [0, 0.05) is 25.8 Å². The molecule has 66 valence electrons. The van der Waals surface area contributed by atoms with Crippen molar-refractivity contribution in [2.24, 2.45) is 0 Å². The number of nitrogens with one attached hydrogen (secondary N) is 1. The maximum Gasteiger partial charge on any atom is 0.110 e. The number of halogens is 1. The van der Waals surface area contributed by atoms with Crippen molar-refractivity contribution in [1.29, 1.82) is 0 Å². The molecule has 1 atom stereocenters. The van der Waals surface area contributed by atoms with Gasteiger partial charge < -0.3 is 5.32 Å². The zero-order valence-corrected chi connectivity index (χ0v) is 7.52. The molecule has 0 saturated carbocycles. The predicted molar refractivity (Wildman–Crippen MR) is 46.3 cm³/mol. The molecule has 0 aromatic carbocycles. The molecule has 0 aliphatic heterocycles. The minimum atomic E-state index is -0.773. The van der Waals surface area contributed by atoms with Gasteiger partial charge in [-0.3, -0.25) is 4.90 Å². The Morgan fingerprint density at radius 1 is 1.73 bits per heavy atom. The van der Waals surface area contributed by atoms with E-state index < -0.39 is 6.17 Å². The molecule has 1 unspecified atom stereocenters. The lowest BCUT2D eigenvalue weighted by atomic mass is 10.3. The number of hydrogen-bond acceptors (Lipinski definition) is 2. The Morgan fingerprint density at radius 3 is 2.64 bits per heavy atom. The van der Waals surface area contributed by atoms with Crippen molar-refractivity contribution in [3.8, 4) is 0 Å². The third kappa shape index (κ3) is 5.85. The van der Waals surface area contributed by atoms with Crippen LogP contribution in [0.4, 0.5) is 4.39 Å². The molecule has 0 rings (SSSR count). The van der Waals surface area contributed by atoms with Crippen molar-refractivity contribution in [2.45, 2.75) is 13.1 Å². The lowest BCUT2D eigenvalue weighted by Gasteiger charge is -2.18. The minimum Gasteiger partial charge on any atom is -0.391 e. The highest BCUT2D eigenvalue weighted by Gasteiger charge is 2.04. The fourth-order valence-corrected chi connectivity index (χ4v) is 0.899. The first-order valence-electron chi connectivity index (χ1n) is 3.74. The molecule has 0 fully saturated rings. The Kier molecular flexibility index (Phi) is 4.86. The Balaban J connectivity index is 3.51. The fraction of sp³-hybridized carbons (Fsp3) is 0.750. The molecule has 3 heteroatoms. The lowest BCUT2D eigenvalue weighted by Crippen LogP contribution is -2.29. The smallest absolute Gasteiger partial charge is 0.110 e. The van der Waals surface area contributed by atoms with Gasteiger partial charge in [-0.1, -0.05) is 6.58 Å². The molecule has 0 bridgehead atoms. The van der Waals surface area contributed by atoms with Crippen molar-refractivity contribution in [3.63, 3.8) is 0 Å². The van der Waals surface area contributed by atoms with Crippen LogP contribution in [0.2, 0.25) is 0 Å². The van der Waals surface area contributed by atoms with Crippen LogP contribution in [0.15, 0.2) is 12.3 Å². The summed E-state index contributed by atoms with van der Waals surface area (Å²) in [6.07, 6.45) is -0.773. The zero-order chi connectivity index (χ0) is 8.85. The molecule has 0 amide bonds. The van der Waals surface area contributed by atoms with Crippen LogP contribution < -0.4 is 5.32 Å². The standard InChI is InChI=1S/C8H17FN2/c1-7(9)5-11(4)6-8(2)10-3/h7,10H,2,5-6H2,1,3-4H3. The number of nitrogens with zero attached hydrogens (tertiary/aromatic N) is 1. The number of hydrogen-bond donors (Lipinski definition) is 1. The van der Waals surface area contributed by atoms with Gasteiger partial charge in [-0.25, -0.2) is 4.39 Å². The average molecular weight is 160 g/mol. The Morgan fingerprint density at radius 2 is 2.27 bits per heavy atom. The van der Waals surface area contributed by atoms with Crippen molar-refractivity contribution in [2.75, 3.05) is 27.2 Å².